The molecule has 1 heterocycles. The van der Waals surface area contributed by atoms with Crippen LogP contribution in [-0.4, -0.2) is 50.6 Å². The van der Waals surface area contributed by atoms with Crippen LogP contribution in [0.4, 0.5) is 0 Å². The molecule has 1 fully saturated rings. The van der Waals surface area contributed by atoms with Crippen LogP contribution < -0.4 is 4.74 Å². The summed E-state index contributed by atoms with van der Waals surface area (Å²) >= 11 is 0. The van der Waals surface area contributed by atoms with E-state index in [1.165, 1.54) is 23.3 Å². The number of hydrogen-bond donors (Lipinski definition) is 0. The molecule has 0 unspecified atom stereocenters. The van der Waals surface area contributed by atoms with Gasteiger partial charge in [-0.2, -0.15) is 0 Å². The van der Waals surface area contributed by atoms with Crippen LogP contribution in [0.3, 0.4) is 0 Å². The van der Waals surface area contributed by atoms with Gasteiger partial charge in [-0.05, 0) is 24.8 Å². The van der Waals surface area contributed by atoms with Gasteiger partial charge in [0, 0.05) is 25.0 Å². The number of ether oxygens (including phenoxy) is 2. The van der Waals surface area contributed by atoms with Gasteiger partial charge in [0.1, 0.15) is 18.6 Å². The molecule has 124 valence electrons. The maximum absolute atomic E-state index is 8.81. The molecule has 0 saturated carbocycles. The predicted molar refractivity (Wildman–Crippen MR) is 93.2 cm³/mol. The molecule has 0 radical (unpaired) electrons. The number of nitrogens with zero attached hydrogens (tertiary/aromatic N) is 1. The highest BCUT2D eigenvalue weighted by Crippen LogP contribution is 2.29. The number of carbonyl (C=O) groups is 1. The van der Waals surface area contributed by atoms with Crippen LogP contribution in [0.25, 0.3) is 10.8 Å². The van der Waals surface area contributed by atoms with E-state index >= 15 is 0 Å². The van der Waals surface area contributed by atoms with E-state index < -0.39 is 0 Å². The minimum absolute atomic E-state index is 0.731. The fraction of sp³-hybridized carbons (Fsp3) is 0.421. The Morgan fingerprint density at radius 2 is 1.87 bits per heavy atom. The number of rotatable bonds is 4. The van der Waals surface area contributed by atoms with E-state index in [0.29, 0.717) is 0 Å². The second kappa shape index (κ2) is 9.28. The maximum Gasteiger partial charge on any atom is 0.130 e. The lowest BCUT2D eigenvalue weighted by molar-refractivity contribution is -0.106. The van der Waals surface area contributed by atoms with Crippen molar-refractivity contribution in [2.24, 2.45) is 0 Å². The van der Waals surface area contributed by atoms with Crippen LogP contribution in [0.1, 0.15) is 12.5 Å². The van der Waals surface area contributed by atoms with Gasteiger partial charge in [0.25, 0.3) is 0 Å². The Labute approximate surface area is 138 Å². The summed E-state index contributed by atoms with van der Waals surface area (Å²) in [7, 11) is 0. The number of carbonyl (C=O) groups excluding carboxylic acids is 1. The average molecular weight is 315 g/mol. The monoisotopic (exact) mass is 315 g/mol. The second-order valence-electron chi connectivity index (χ2n) is 5.47. The van der Waals surface area contributed by atoms with E-state index in [0.717, 1.165) is 51.5 Å². The summed E-state index contributed by atoms with van der Waals surface area (Å²) in [6, 6.07) is 12.7. The Bertz CT molecular complexity index is 621. The van der Waals surface area contributed by atoms with Gasteiger partial charge in [0.05, 0.1) is 13.2 Å². The highest BCUT2D eigenvalue weighted by molar-refractivity contribution is 5.89. The Kier molecular flexibility index (Phi) is 7.04. The summed E-state index contributed by atoms with van der Waals surface area (Å²) in [6.07, 6.45) is 0.750. The largest absolute Gasteiger partial charge is 0.491 e. The zero-order chi connectivity index (χ0) is 16.5. The molecule has 0 spiro atoms. The summed E-state index contributed by atoms with van der Waals surface area (Å²) < 4.78 is 11.4. The molecule has 0 amide bonds. The number of benzene rings is 2. The number of fused-ring (bicyclic) bond motifs is 1. The molecule has 0 bridgehead atoms. The number of hydrogen-bond acceptors (Lipinski definition) is 4. The number of aldehydes is 1. The Balaban J connectivity index is 0.000000595. The molecule has 0 aliphatic carbocycles. The van der Waals surface area contributed by atoms with Crippen LogP contribution >= 0.6 is 0 Å². The lowest BCUT2D eigenvalue weighted by Crippen LogP contribution is -2.38. The fourth-order valence-corrected chi connectivity index (χ4v) is 2.65. The molecular formula is C19H25NO3. The van der Waals surface area contributed by atoms with E-state index in [1.54, 1.807) is 0 Å². The zero-order valence-corrected chi connectivity index (χ0v) is 14.0. The fourth-order valence-electron chi connectivity index (χ4n) is 2.65. The van der Waals surface area contributed by atoms with Crippen molar-refractivity contribution < 1.29 is 14.3 Å². The first-order valence-corrected chi connectivity index (χ1v) is 8.07. The van der Waals surface area contributed by atoms with Gasteiger partial charge in [-0.1, -0.05) is 36.4 Å². The molecule has 0 atom stereocenters. The Morgan fingerprint density at radius 1 is 1.17 bits per heavy atom. The zero-order valence-electron chi connectivity index (χ0n) is 14.0. The third kappa shape index (κ3) is 5.05. The highest BCUT2D eigenvalue weighted by Gasteiger charge is 2.11. The molecule has 1 aliphatic heterocycles. The van der Waals surface area contributed by atoms with E-state index in [4.69, 9.17) is 14.3 Å². The van der Waals surface area contributed by atoms with Gasteiger partial charge >= 0.3 is 0 Å². The summed E-state index contributed by atoms with van der Waals surface area (Å²) in [5.74, 6) is 1.02. The van der Waals surface area contributed by atoms with E-state index in [2.05, 4.69) is 48.2 Å². The Hall–Kier alpha value is -1.91. The van der Waals surface area contributed by atoms with Crippen LogP contribution in [0.15, 0.2) is 36.4 Å². The molecular weight excluding hydrogens is 290 g/mol. The molecule has 1 aliphatic rings. The molecule has 23 heavy (non-hydrogen) atoms. The van der Waals surface area contributed by atoms with Crippen molar-refractivity contribution in [3.63, 3.8) is 0 Å². The molecule has 4 nitrogen and oxygen atoms in total. The van der Waals surface area contributed by atoms with Crippen molar-refractivity contribution in [2.45, 2.75) is 13.8 Å². The van der Waals surface area contributed by atoms with Gasteiger partial charge in [-0.25, -0.2) is 0 Å². The first kappa shape index (κ1) is 17.4. The van der Waals surface area contributed by atoms with E-state index in [-0.39, 0.29) is 0 Å². The smallest absolute Gasteiger partial charge is 0.130 e. The third-order valence-electron chi connectivity index (χ3n) is 3.83. The lowest BCUT2D eigenvalue weighted by Gasteiger charge is -2.26. The van der Waals surface area contributed by atoms with Crippen LogP contribution in [-0.2, 0) is 9.53 Å². The average Bonchev–Trinajstić information content (AvgIpc) is 2.58. The number of aryl methyl sites for hydroxylation is 1. The minimum Gasteiger partial charge on any atom is -0.491 e. The van der Waals surface area contributed by atoms with Crippen LogP contribution in [0.2, 0.25) is 0 Å². The SMILES string of the molecule is CC=O.Cc1ccc2ccccc2c1OCCN1CCOCC1. The highest BCUT2D eigenvalue weighted by atomic mass is 16.5. The molecule has 4 heteroatoms. The molecule has 2 aromatic carbocycles. The molecule has 0 aromatic heterocycles. The second-order valence-corrected chi connectivity index (χ2v) is 5.47. The van der Waals surface area contributed by atoms with Crippen LogP contribution in [0.5, 0.6) is 5.75 Å². The van der Waals surface area contributed by atoms with Crippen molar-refractivity contribution in [3.05, 3.63) is 42.0 Å². The summed E-state index contributed by atoms with van der Waals surface area (Å²) in [5, 5.41) is 2.44. The summed E-state index contributed by atoms with van der Waals surface area (Å²) in [5.41, 5.74) is 1.20. The van der Waals surface area contributed by atoms with Crippen molar-refractivity contribution in [3.8, 4) is 5.75 Å². The van der Waals surface area contributed by atoms with Gasteiger partial charge in [0.2, 0.25) is 0 Å². The Morgan fingerprint density at radius 3 is 2.61 bits per heavy atom. The van der Waals surface area contributed by atoms with Crippen molar-refractivity contribution in [1.29, 1.82) is 0 Å². The van der Waals surface area contributed by atoms with Gasteiger partial charge in [0.15, 0.2) is 0 Å². The van der Waals surface area contributed by atoms with Crippen molar-refractivity contribution in [1.82, 2.24) is 4.90 Å². The molecule has 1 saturated heterocycles. The number of morpholine rings is 1. The van der Waals surface area contributed by atoms with Gasteiger partial charge < -0.3 is 14.3 Å². The summed E-state index contributed by atoms with van der Waals surface area (Å²) in [6.45, 7) is 8.95. The first-order valence-electron chi connectivity index (χ1n) is 8.07. The molecule has 3 rings (SSSR count). The summed E-state index contributed by atoms with van der Waals surface area (Å²) in [4.78, 5) is 11.2. The quantitative estimate of drug-likeness (QED) is 0.813. The molecule has 2 aromatic rings. The van der Waals surface area contributed by atoms with Crippen molar-refractivity contribution >= 4 is 17.1 Å². The van der Waals surface area contributed by atoms with Crippen molar-refractivity contribution in [2.75, 3.05) is 39.5 Å². The molecule has 0 N–H and O–H groups in total. The topological polar surface area (TPSA) is 38.8 Å². The van der Waals surface area contributed by atoms with Gasteiger partial charge in [-0.15, -0.1) is 0 Å². The maximum atomic E-state index is 8.81. The third-order valence-corrected chi connectivity index (χ3v) is 3.83. The normalized spacial score (nSPS) is 14.9. The lowest BCUT2D eigenvalue weighted by atomic mass is 10.1. The van der Waals surface area contributed by atoms with E-state index in [9.17, 15) is 0 Å². The minimum atomic E-state index is 0.731. The van der Waals surface area contributed by atoms with Gasteiger partial charge in [-0.3, -0.25) is 4.90 Å². The first-order chi connectivity index (χ1) is 11.3. The predicted octanol–water partition coefficient (Wildman–Crippen LogP) is 3.06. The van der Waals surface area contributed by atoms with E-state index in [1.807, 2.05) is 0 Å². The van der Waals surface area contributed by atoms with Crippen LogP contribution in [0, 0.1) is 6.92 Å². The standard InChI is InChI=1S/C17H21NO2.C2H4O/c1-14-6-7-15-4-2-3-5-16(15)17(14)20-13-10-18-8-11-19-12-9-18;1-2-3/h2-7H,8-13H2,1H3;2H,1H3.